The van der Waals surface area contributed by atoms with Gasteiger partial charge in [-0.3, -0.25) is 24.7 Å². The van der Waals surface area contributed by atoms with Crippen molar-refractivity contribution in [1.29, 1.82) is 0 Å². The van der Waals surface area contributed by atoms with Gasteiger partial charge in [-0.05, 0) is 0 Å². The van der Waals surface area contributed by atoms with Gasteiger partial charge in [0.2, 0.25) is 5.91 Å². The molecule has 3 N–H and O–H groups in total. The number of rotatable bonds is 3. The minimum atomic E-state index is -6.00. The lowest BCUT2D eigenvalue weighted by molar-refractivity contribution is -0.137. The first kappa shape index (κ1) is 16.1. The Balaban J connectivity index is 0.000000494. The number of halogens is 4. The summed E-state index contributed by atoms with van der Waals surface area (Å²) in [4.78, 5) is 33.5. The predicted molar refractivity (Wildman–Crippen MR) is 53.0 cm³/mol. The molecule has 0 aliphatic carbocycles. The highest BCUT2D eigenvalue weighted by atomic mass is 19.5. The summed E-state index contributed by atoms with van der Waals surface area (Å²) in [6, 6.07) is 0. The second-order valence-electron chi connectivity index (χ2n) is 2.97. The summed E-state index contributed by atoms with van der Waals surface area (Å²) in [5.41, 5.74) is 1.91. The van der Waals surface area contributed by atoms with Crippen molar-refractivity contribution in [3.63, 3.8) is 0 Å². The lowest BCUT2D eigenvalue weighted by Gasteiger charge is -2.12. The molecular weight excluding hydrogens is 261 g/mol. The molecule has 1 aliphatic heterocycles. The molecule has 1 heterocycles. The third-order valence-electron chi connectivity index (χ3n) is 1.62. The van der Waals surface area contributed by atoms with Gasteiger partial charge in [-0.1, -0.05) is 0 Å². The molecule has 0 unspecified atom stereocenters. The van der Waals surface area contributed by atoms with Crippen molar-refractivity contribution in [3.05, 3.63) is 12.2 Å². The fourth-order valence-electron chi connectivity index (χ4n) is 0.937. The molecule has 1 rings (SSSR count). The third kappa shape index (κ3) is 7.38. The second-order valence-corrected chi connectivity index (χ2v) is 2.97. The molecule has 0 bridgehead atoms. The van der Waals surface area contributed by atoms with Gasteiger partial charge in [-0.25, -0.2) is 5.84 Å². The maximum absolute atomic E-state index is 10.9. The van der Waals surface area contributed by atoms with Gasteiger partial charge >= 0.3 is 7.25 Å². The average molecular weight is 270 g/mol. The molecule has 1 aliphatic rings. The Morgan fingerprint density at radius 1 is 1.22 bits per heavy atom. The van der Waals surface area contributed by atoms with Crippen LogP contribution in [0.5, 0.6) is 0 Å². The van der Waals surface area contributed by atoms with E-state index in [2.05, 4.69) is 0 Å². The summed E-state index contributed by atoms with van der Waals surface area (Å²) < 4.78 is 39.0. The Morgan fingerprint density at radius 3 is 1.94 bits per heavy atom. The van der Waals surface area contributed by atoms with Crippen molar-refractivity contribution in [2.45, 2.75) is 6.42 Å². The largest absolute Gasteiger partial charge is 0.673 e. The molecule has 0 spiro atoms. The number of nitrogens with one attached hydrogen (secondary N) is 1. The van der Waals surface area contributed by atoms with E-state index in [-0.39, 0.29) is 13.0 Å². The highest BCUT2D eigenvalue weighted by Crippen LogP contribution is 2.06. The summed E-state index contributed by atoms with van der Waals surface area (Å²) in [5.74, 6) is 3.63. The first-order valence-corrected chi connectivity index (χ1v) is 4.55. The van der Waals surface area contributed by atoms with Crippen LogP contribution in [-0.4, -0.2) is 36.4 Å². The first-order chi connectivity index (χ1) is 8.15. The smallest absolute Gasteiger partial charge is 0.418 e. The second kappa shape index (κ2) is 6.74. The van der Waals surface area contributed by atoms with E-state index in [1.165, 1.54) is 12.2 Å². The van der Waals surface area contributed by atoms with Crippen molar-refractivity contribution >= 4 is 25.0 Å². The zero-order valence-electron chi connectivity index (χ0n) is 8.91. The number of nitrogens with zero attached hydrogens (tertiary/aromatic N) is 1. The molecular formula is C7H9BF4N3O3-. The molecule has 0 saturated heterocycles. The number of imide groups is 1. The fraction of sp³-hybridized carbons (Fsp3) is 0.286. The highest BCUT2D eigenvalue weighted by Gasteiger charge is 2.23. The van der Waals surface area contributed by atoms with Gasteiger partial charge in [0.05, 0.1) is 0 Å². The van der Waals surface area contributed by atoms with Crippen LogP contribution in [0.15, 0.2) is 12.2 Å². The predicted octanol–water partition coefficient (Wildman–Crippen LogP) is -0.409. The SMILES string of the molecule is F[B-](F)(F)F.NNC(=O)CCN1C(=O)C=CC1=O. The van der Waals surface area contributed by atoms with Crippen molar-refractivity contribution in [2.24, 2.45) is 5.84 Å². The number of nitrogens with two attached hydrogens (primary N) is 1. The van der Waals surface area contributed by atoms with Crippen molar-refractivity contribution in [2.75, 3.05) is 6.54 Å². The maximum Gasteiger partial charge on any atom is 0.673 e. The number of carbonyl (C=O) groups is 3. The van der Waals surface area contributed by atoms with Gasteiger partial charge in [0.25, 0.3) is 11.8 Å². The van der Waals surface area contributed by atoms with Gasteiger partial charge in [0.1, 0.15) is 0 Å². The topological polar surface area (TPSA) is 92.5 Å². The number of amides is 3. The number of hydrogen-bond acceptors (Lipinski definition) is 4. The van der Waals surface area contributed by atoms with Crippen LogP contribution in [0.3, 0.4) is 0 Å². The first-order valence-electron chi connectivity index (χ1n) is 4.55. The van der Waals surface area contributed by atoms with E-state index in [0.717, 1.165) is 4.90 Å². The van der Waals surface area contributed by atoms with E-state index >= 15 is 0 Å². The molecule has 102 valence electrons. The van der Waals surface area contributed by atoms with Crippen LogP contribution in [-0.2, 0) is 14.4 Å². The molecule has 11 heteroatoms. The Morgan fingerprint density at radius 2 is 1.61 bits per heavy atom. The maximum atomic E-state index is 10.9. The van der Waals surface area contributed by atoms with E-state index in [0.29, 0.717) is 0 Å². The van der Waals surface area contributed by atoms with Crippen LogP contribution in [0.4, 0.5) is 17.3 Å². The van der Waals surface area contributed by atoms with Crippen LogP contribution >= 0.6 is 0 Å². The van der Waals surface area contributed by atoms with Crippen LogP contribution in [0.2, 0.25) is 0 Å². The standard InChI is InChI=1S/C7H9N3O3.BF4/c8-9-5(11)3-4-10-6(12)1-2-7(10)13;2-1(3,4)5/h1-2H,3-4,8H2,(H,9,11);/q;-1. The van der Waals surface area contributed by atoms with Gasteiger partial charge in [0, 0.05) is 25.1 Å². The summed E-state index contributed by atoms with van der Waals surface area (Å²) in [6.07, 6.45) is 2.36. The van der Waals surface area contributed by atoms with E-state index < -0.39 is 25.0 Å². The molecule has 0 radical (unpaired) electrons. The lowest BCUT2D eigenvalue weighted by Crippen LogP contribution is -2.36. The summed E-state index contributed by atoms with van der Waals surface area (Å²) in [6.45, 7) is 0.0632. The van der Waals surface area contributed by atoms with Crippen LogP contribution in [0.1, 0.15) is 6.42 Å². The summed E-state index contributed by atoms with van der Waals surface area (Å²) in [5, 5.41) is 0. The third-order valence-corrected chi connectivity index (χ3v) is 1.62. The minimum absolute atomic E-state index is 0.0235. The molecule has 0 aromatic rings. The monoisotopic (exact) mass is 270 g/mol. The number of carbonyl (C=O) groups excluding carboxylic acids is 3. The van der Waals surface area contributed by atoms with Crippen molar-refractivity contribution < 1.29 is 31.6 Å². The molecule has 0 aromatic heterocycles. The zero-order chi connectivity index (χ0) is 14.3. The minimum Gasteiger partial charge on any atom is -0.418 e. The van der Waals surface area contributed by atoms with E-state index in [1.807, 2.05) is 5.43 Å². The quantitative estimate of drug-likeness (QED) is 0.182. The molecule has 3 amide bonds. The summed E-state index contributed by atoms with van der Waals surface area (Å²) in [7, 11) is -6.00. The number of hydrogen-bond donors (Lipinski definition) is 2. The van der Waals surface area contributed by atoms with Gasteiger partial charge in [0.15, 0.2) is 0 Å². The van der Waals surface area contributed by atoms with Crippen molar-refractivity contribution in [1.82, 2.24) is 10.3 Å². The lowest BCUT2D eigenvalue weighted by atomic mass is 10.3. The molecule has 6 nitrogen and oxygen atoms in total. The molecule has 0 saturated carbocycles. The zero-order valence-corrected chi connectivity index (χ0v) is 8.91. The summed E-state index contributed by atoms with van der Waals surface area (Å²) >= 11 is 0. The highest BCUT2D eigenvalue weighted by molar-refractivity contribution is 6.50. The van der Waals surface area contributed by atoms with Crippen LogP contribution < -0.4 is 11.3 Å². The van der Waals surface area contributed by atoms with Gasteiger partial charge in [-0.2, -0.15) is 0 Å². The Bertz CT molecular complexity index is 347. The molecule has 0 aromatic carbocycles. The van der Waals surface area contributed by atoms with E-state index in [9.17, 15) is 31.6 Å². The molecule has 0 fully saturated rings. The fourth-order valence-corrected chi connectivity index (χ4v) is 0.937. The van der Waals surface area contributed by atoms with Crippen molar-refractivity contribution in [3.8, 4) is 0 Å². The van der Waals surface area contributed by atoms with Gasteiger partial charge in [-0.15, -0.1) is 0 Å². The Hall–Kier alpha value is -1.91. The van der Waals surface area contributed by atoms with Crippen LogP contribution in [0.25, 0.3) is 0 Å². The molecule has 0 atom stereocenters. The van der Waals surface area contributed by atoms with E-state index in [1.54, 1.807) is 0 Å². The normalized spacial score (nSPS) is 14.4. The van der Waals surface area contributed by atoms with Crippen LogP contribution in [0, 0.1) is 0 Å². The Labute approximate surface area is 98.9 Å². The average Bonchev–Trinajstić information content (AvgIpc) is 2.53. The molecule has 18 heavy (non-hydrogen) atoms. The number of hydrazine groups is 1. The van der Waals surface area contributed by atoms with E-state index in [4.69, 9.17) is 5.84 Å². The van der Waals surface area contributed by atoms with Gasteiger partial charge < -0.3 is 17.3 Å². The Kier molecular flexibility index (Phi) is 6.03.